The highest BCUT2D eigenvalue weighted by molar-refractivity contribution is 6.01. The average molecular weight is 363 g/mol. The van der Waals surface area contributed by atoms with Gasteiger partial charge in [0.15, 0.2) is 0 Å². The molecule has 2 aliphatic rings. The van der Waals surface area contributed by atoms with E-state index in [1.807, 2.05) is 55.5 Å². The molecule has 0 spiro atoms. The van der Waals surface area contributed by atoms with Crippen molar-refractivity contribution in [3.8, 4) is 5.75 Å². The molecule has 0 radical (unpaired) electrons. The Balaban J connectivity index is 1.60. The van der Waals surface area contributed by atoms with Gasteiger partial charge in [0.1, 0.15) is 5.75 Å². The molecule has 2 aliphatic heterocycles. The van der Waals surface area contributed by atoms with Crippen LogP contribution in [0.1, 0.15) is 22.7 Å². The second kappa shape index (κ2) is 6.79. The molecule has 2 N–H and O–H groups in total. The highest BCUT2D eigenvalue weighted by Gasteiger charge is 2.40. The Labute approximate surface area is 157 Å². The lowest BCUT2D eigenvalue weighted by molar-refractivity contribution is -0.126. The molecule has 0 fully saturated rings. The van der Waals surface area contributed by atoms with Gasteiger partial charge in [-0.05, 0) is 30.2 Å². The van der Waals surface area contributed by atoms with Crippen molar-refractivity contribution in [2.24, 2.45) is 0 Å². The number of methoxy groups -OCH3 is 1. The van der Waals surface area contributed by atoms with Gasteiger partial charge in [-0.15, -0.1) is 0 Å². The lowest BCUT2D eigenvalue weighted by Crippen LogP contribution is -2.44. The Morgan fingerprint density at radius 1 is 1.07 bits per heavy atom. The first-order chi connectivity index (χ1) is 13.0. The van der Waals surface area contributed by atoms with Gasteiger partial charge in [0.25, 0.3) is 5.91 Å². The SMILES string of the molecule is COc1ccc([C@@H]2NC(=O)NC3=C2C(=O)N(Cc2ccc(C)cc2)C3)cc1. The zero-order valence-corrected chi connectivity index (χ0v) is 15.3. The zero-order valence-electron chi connectivity index (χ0n) is 15.3. The molecule has 3 amide bonds. The van der Waals surface area contributed by atoms with E-state index in [4.69, 9.17) is 4.74 Å². The molecule has 0 aromatic heterocycles. The van der Waals surface area contributed by atoms with Gasteiger partial charge in [-0.25, -0.2) is 4.79 Å². The first-order valence-corrected chi connectivity index (χ1v) is 8.84. The minimum atomic E-state index is -0.463. The number of carbonyl (C=O) groups is 2. The number of hydrogen-bond donors (Lipinski definition) is 2. The normalized spacial score (nSPS) is 18.9. The van der Waals surface area contributed by atoms with Crippen molar-refractivity contribution in [3.63, 3.8) is 0 Å². The lowest BCUT2D eigenvalue weighted by atomic mass is 9.96. The molecule has 27 heavy (non-hydrogen) atoms. The Hall–Kier alpha value is -3.28. The number of carbonyl (C=O) groups excluding carboxylic acids is 2. The molecule has 2 aromatic rings. The third-order valence-electron chi connectivity index (χ3n) is 4.96. The van der Waals surface area contributed by atoms with E-state index in [-0.39, 0.29) is 11.9 Å². The molecule has 0 bridgehead atoms. The van der Waals surface area contributed by atoms with Crippen molar-refractivity contribution < 1.29 is 14.3 Å². The second-order valence-electron chi connectivity index (χ2n) is 6.84. The van der Waals surface area contributed by atoms with E-state index in [0.717, 1.165) is 16.9 Å². The Bertz CT molecular complexity index is 917. The third kappa shape index (κ3) is 3.26. The lowest BCUT2D eigenvalue weighted by Gasteiger charge is -2.25. The van der Waals surface area contributed by atoms with E-state index in [1.165, 1.54) is 5.56 Å². The van der Waals surface area contributed by atoms with Crippen molar-refractivity contribution in [3.05, 3.63) is 76.5 Å². The van der Waals surface area contributed by atoms with Gasteiger partial charge in [-0.3, -0.25) is 4.79 Å². The molecule has 0 unspecified atom stereocenters. The number of aryl methyl sites for hydroxylation is 1. The number of rotatable bonds is 4. The Morgan fingerprint density at radius 2 is 1.78 bits per heavy atom. The van der Waals surface area contributed by atoms with Gasteiger partial charge in [0.2, 0.25) is 0 Å². The molecule has 2 aromatic carbocycles. The molecular formula is C21H21N3O3. The number of nitrogens with zero attached hydrogens (tertiary/aromatic N) is 1. The van der Waals surface area contributed by atoms with E-state index in [1.54, 1.807) is 12.0 Å². The van der Waals surface area contributed by atoms with Gasteiger partial charge in [-0.1, -0.05) is 42.0 Å². The van der Waals surface area contributed by atoms with Crippen LogP contribution in [0.25, 0.3) is 0 Å². The number of nitrogens with one attached hydrogen (secondary N) is 2. The number of hydrogen-bond acceptors (Lipinski definition) is 3. The van der Waals surface area contributed by atoms with Gasteiger partial charge >= 0.3 is 6.03 Å². The van der Waals surface area contributed by atoms with Crippen LogP contribution in [0.15, 0.2) is 59.8 Å². The van der Waals surface area contributed by atoms with E-state index >= 15 is 0 Å². The van der Waals surface area contributed by atoms with Crippen molar-refractivity contribution in [1.29, 1.82) is 0 Å². The van der Waals surface area contributed by atoms with Crippen LogP contribution in [-0.2, 0) is 11.3 Å². The molecule has 0 saturated heterocycles. The van der Waals surface area contributed by atoms with Crippen molar-refractivity contribution in [2.45, 2.75) is 19.5 Å². The number of benzene rings is 2. The number of urea groups is 1. The molecule has 0 aliphatic carbocycles. The molecule has 4 rings (SSSR count). The van der Waals surface area contributed by atoms with E-state index < -0.39 is 6.04 Å². The summed E-state index contributed by atoms with van der Waals surface area (Å²) < 4.78 is 5.19. The number of ether oxygens (including phenoxy) is 1. The van der Waals surface area contributed by atoms with E-state index in [2.05, 4.69) is 10.6 Å². The smallest absolute Gasteiger partial charge is 0.319 e. The quantitative estimate of drug-likeness (QED) is 0.877. The van der Waals surface area contributed by atoms with Crippen LogP contribution in [0.2, 0.25) is 0 Å². The summed E-state index contributed by atoms with van der Waals surface area (Å²) >= 11 is 0. The Morgan fingerprint density at radius 3 is 2.44 bits per heavy atom. The van der Waals surface area contributed by atoms with Crippen LogP contribution in [0.4, 0.5) is 4.79 Å². The van der Waals surface area contributed by atoms with Crippen molar-refractivity contribution in [2.75, 3.05) is 13.7 Å². The van der Waals surface area contributed by atoms with Crippen LogP contribution < -0.4 is 15.4 Å². The maximum Gasteiger partial charge on any atom is 0.319 e. The fourth-order valence-corrected chi connectivity index (χ4v) is 3.52. The molecule has 6 nitrogen and oxygen atoms in total. The van der Waals surface area contributed by atoms with Crippen LogP contribution in [0.3, 0.4) is 0 Å². The third-order valence-corrected chi connectivity index (χ3v) is 4.96. The standard InChI is InChI=1S/C21H21N3O3/c1-13-3-5-14(6-4-13)11-24-12-17-18(20(24)25)19(23-21(26)22-17)15-7-9-16(27-2)10-8-15/h3-10,19H,11-12H2,1-2H3,(H2,22,23,26)/t19-/m0/s1. The number of amides is 3. The maximum absolute atomic E-state index is 13.1. The zero-order chi connectivity index (χ0) is 19.0. The van der Waals surface area contributed by atoms with E-state index in [9.17, 15) is 9.59 Å². The second-order valence-corrected chi connectivity index (χ2v) is 6.84. The summed E-state index contributed by atoms with van der Waals surface area (Å²) in [5.74, 6) is 0.672. The summed E-state index contributed by atoms with van der Waals surface area (Å²) in [6, 6.07) is 14.8. The summed E-state index contributed by atoms with van der Waals surface area (Å²) in [4.78, 5) is 27.0. The summed E-state index contributed by atoms with van der Waals surface area (Å²) in [6.07, 6.45) is 0. The van der Waals surface area contributed by atoms with Crippen LogP contribution >= 0.6 is 0 Å². The molecule has 138 valence electrons. The topological polar surface area (TPSA) is 70.7 Å². The average Bonchev–Trinajstić information content (AvgIpc) is 2.98. The van der Waals surface area contributed by atoms with Gasteiger partial charge < -0.3 is 20.3 Å². The Kier molecular flexibility index (Phi) is 4.32. The molecule has 1 atom stereocenters. The maximum atomic E-state index is 13.1. The predicted octanol–water partition coefficient (Wildman–Crippen LogP) is 2.65. The predicted molar refractivity (Wildman–Crippen MR) is 101 cm³/mol. The van der Waals surface area contributed by atoms with Crippen LogP contribution in [0, 0.1) is 6.92 Å². The van der Waals surface area contributed by atoms with Gasteiger partial charge in [-0.2, -0.15) is 0 Å². The fourth-order valence-electron chi connectivity index (χ4n) is 3.52. The highest BCUT2D eigenvalue weighted by atomic mass is 16.5. The largest absolute Gasteiger partial charge is 0.497 e. The van der Waals surface area contributed by atoms with Gasteiger partial charge in [0, 0.05) is 6.54 Å². The summed E-state index contributed by atoms with van der Waals surface area (Å²) in [7, 11) is 1.60. The first-order valence-electron chi connectivity index (χ1n) is 8.84. The fraction of sp³-hybridized carbons (Fsp3) is 0.238. The first kappa shape index (κ1) is 17.1. The molecule has 2 heterocycles. The van der Waals surface area contributed by atoms with Crippen molar-refractivity contribution >= 4 is 11.9 Å². The summed E-state index contributed by atoms with van der Waals surface area (Å²) in [6.45, 7) is 2.95. The highest BCUT2D eigenvalue weighted by Crippen LogP contribution is 2.33. The van der Waals surface area contributed by atoms with Gasteiger partial charge in [0.05, 0.1) is 31.0 Å². The molecule has 0 saturated carbocycles. The van der Waals surface area contributed by atoms with Crippen molar-refractivity contribution in [1.82, 2.24) is 15.5 Å². The minimum absolute atomic E-state index is 0.0566. The summed E-state index contributed by atoms with van der Waals surface area (Å²) in [5, 5.41) is 5.67. The summed E-state index contributed by atoms with van der Waals surface area (Å²) in [5.41, 5.74) is 4.38. The molecular weight excluding hydrogens is 342 g/mol. The van der Waals surface area contributed by atoms with Crippen LogP contribution in [0.5, 0.6) is 5.75 Å². The van der Waals surface area contributed by atoms with Crippen LogP contribution in [-0.4, -0.2) is 30.5 Å². The minimum Gasteiger partial charge on any atom is -0.497 e. The molecule has 6 heteroatoms. The van der Waals surface area contributed by atoms with E-state index in [0.29, 0.717) is 24.4 Å². The monoisotopic (exact) mass is 363 g/mol.